The number of aliphatic hydroxyl groups is 1. The molecule has 0 bridgehead atoms. The molecular weight excluding hydrogens is 451 g/mol. The van der Waals surface area contributed by atoms with Crippen LogP contribution >= 0.6 is 20.0 Å². The zero-order valence-electron chi connectivity index (χ0n) is 17.4. The summed E-state index contributed by atoms with van der Waals surface area (Å²) in [7, 11) is -2.51. The van der Waals surface area contributed by atoms with Crippen molar-refractivity contribution in [3.8, 4) is 0 Å². The van der Waals surface area contributed by atoms with Crippen molar-refractivity contribution in [1.82, 2.24) is 9.55 Å². The molecule has 11 nitrogen and oxygen atoms in total. The quantitative estimate of drug-likeness (QED) is 0.348. The van der Waals surface area contributed by atoms with Crippen molar-refractivity contribution >= 4 is 30.9 Å². The minimum atomic E-state index is -2.51. The van der Waals surface area contributed by atoms with Crippen molar-refractivity contribution < 1.29 is 33.0 Å². The summed E-state index contributed by atoms with van der Waals surface area (Å²) in [5.74, 6) is -0.521. The van der Waals surface area contributed by atoms with Gasteiger partial charge in [-0.25, -0.2) is 4.79 Å². The third kappa shape index (κ3) is 7.16. The Morgan fingerprint density at radius 1 is 1.39 bits per heavy atom. The zero-order valence-corrected chi connectivity index (χ0v) is 19.1. The van der Waals surface area contributed by atoms with Crippen molar-refractivity contribution in [2.45, 2.75) is 39.5 Å². The summed E-state index contributed by atoms with van der Waals surface area (Å²) >= 11 is 0.963. The summed E-state index contributed by atoms with van der Waals surface area (Å²) in [4.78, 5) is 49.1. The maximum absolute atomic E-state index is 12.0. The Hall–Kier alpha value is -1.69. The smallest absolute Gasteiger partial charge is 0.395 e. The van der Waals surface area contributed by atoms with Gasteiger partial charge in [0, 0.05) is 29.0 Å². The molecule has 0 aliphatic carbocycles. The van der Waals surface area contributed by atoms with Gasteiger partial charge in [0.05, 0.1) is 24.0 Å². The van der Waals surface area contributed by atoms with Crippen LogP contribution in [0.5, 0.6) is 0 Å². The van der Waals surface area contributed by atoms with Gasteiger partial charge in [0.25, 0.3) is 5.56 Å². The Morgan fingerprint density at radius 2 is 2.10 bits per heavy atom. The first-order valence-electron chi connectivity index (χ1n) is 9.53. The van der Waals surface area contributed by atoms with Crippen LogP contribution in [0.3, 0.4) is 0 Å². The molecule has 1 aromatic heterocycles. The molecule has 172 valence electrons. The fraction of sp³-hybridized carbons (Fsp3) is 0.667. The molecule has 1 aliphatic rings. The fourth-order valence-corrected chi connectivity index (χ4v) is 4.33. The zero-order chi connectivity index (χ0) is 23.2. The van der Waals surface area contributed by atoms with E-state index in [4.69, 9.17) is 18.9 Å². The lowest BCUT2D eigenvalue weighted by Crippen LogP contribution is -2.31. The van der Waals surface area contributed by atoms with E-state index in [-0.39, 0.29) is 42.9 Å². The number of aromatic nitrogens is 2. The van der Waals surface area contributed by atoms with Gasteiger partial charge in [0.1, 0.15) is 25.2 Å². The van der Waals surface area contributed by atoms with Crippen molar-refractivity contribution in [2.75, 3.05) is 25.6 Å². The van der Waals surface area contributed by atoms with Crippen LogP contribution in [-0.2, 0) is 27.9 Å². The van der Waals surface area contributed by atoms with Gasteiger partial charge in [-0.15, -0.1) is 9.05 Å². The fourth-order valence-electron chi connectivity index (χ4n) is 2.82. The van der Waals surface area contributed by atoms with Crippen molar-refractivity contribution in [3.63, 3.8) is 0 Å². The molecule has 4 unspecified atom stereocenters. The predicted octanol–water partition coefficient (Wildman–Crippen LogP) is 0.998. The monoisotopic (exact) mass is 477 g/mol. The minimum Gasteiger partial charge on any atom is -0.395 e. The molecule has 1 saturated heterocycles. The first-order valence-corrected chi connectivity index (χ1v) is 11.6. The van der Waals surface area contributed by atoms with Crippen LogP contribution in [0.15, 0.2) is 21.9 Å². The summed E-state index contributed by atoms with van der Waals surface area (Å²) in [6, 6.07) is 1.17. The van der Waals surface area contributed by atoms with E-state index in [0.29, 0.717) is 0 Å². The molecule has 0 saturated carbocycles. The second kappa shape index (κ2) is 11.3. The number of Topliss-reactive ketones (excluding diaryl/α,β-unsaturated/α-hetero) is 1. The van der Waals surface area contributed by atoms with E-state index in [1.165, 1.54) is 23.8 Å². The van der Waals surface area contributed by atoms with Crippen LogP contribution in [0.1, 0.15) is 33.4 Å². The van der Waals surface area contributed by atoms with Crippen LogP contribution in [0, 0.1) is 11.3 Å². The number of rotatable bonds is 11. The predicted molar refractivity (Wildman–Crippen MR) is 112 cm³/mol. The molecule has 1 fully saturated rings. The van der Waals surface area contributed by atoms with Crippen LogP contribution in [0.25, 0.3) is 0 Å². The molecule has 4 atom stereocenters. The molecule has 0 radical (unpaired) electrons. The van der Waals surface area contributed by atoms with Gasteiger partial charge in [-0.3, -0.25) is 23.9 Å². The largest absolute Gasteiger partial charge is 0.697 e. The number of nitrogens with one attached hydrogen (secondary N) is 1. The summed E-state index contributed by atoms with van der Waals surface area (Å²) in [6.07, 6.45) is -0.0349. The molecule has 0 spiro atoms. The summed E-state index contributed by atoms with van der Waals surface area (Å²) in [5.41, 5.74) is -2.07. The summed E-state index contributed by atoms with van der Waals surface area (Å²) in [6.45, 7) is 4.14. The van der Waals surface area contributed by atoms with Crippen molar-refractivity contribution in [1.29, 1.82) is 0 Å². The minimum absolute atomic E-state index is 0.00975. The number of H-pyrrole nitrogens is 1. The number of aromatic amines is 1. The molecule has 0 aromatic carbocycles. The van der Waals surface area contributed by atoms with Crippen LogP contribution in [-0.4, -0.2) is 57.2 Å². The van der Waals surface area contributed by atoms with E-state index in [1.807, 2.05) is 0 Å². The molecule has 31 heavy (non-hydrogen) atoms. The highest BCUT2D eigenvalue weighted by atomic mass is 32.2. The molecule has 13 heteroatoms. The Labute approximate surface area is 183 Å². The lowest BCUT2D eigenvalue weighted by Gasteiger charge is -2.18. The first kappa shape index (κ1) is 25.6. The maximum Gasteiger partial charge on any atom is 0.697 e. The van der Waals surface area contributed by atoms with Crippen molar-refractivity contribution in [2.24, 2.45) is 11.3 Å². The number of carbonyl (C=O) groups excluding carboxylic acids is 2. The molecule has 1 aromatic rings. The normalized spacial score (nSPS) is 21.8. The first-order chi connectivity index (χ1) is 14.5. The second-order valence-electron chi connectivity index (χ2n) is 7.63. The van der Waals surface area contributed by atoms with Crippen LogP contribution in [0.4, 0.5) is 0 Å². The maximum atomic E-state index is 12.0. The third-order valence-corrected chi connectivity index (χ3v) is 6.66. The second-order valence-corrected chi connectivity index (χ2v) is 9.66. The molecule has 2 N–H and O–H groups in total. The van der Waals surface area contributed by atoms with E-state index in [2.05, 4.69) is 4.98 Å². The Bertz CT molecular complexity index is 929. The Morgan fingerprint density at radius 3 is 2.71 bits per heavy atom. The average molecular weight is 477 g/mol. The summed E-state index contributed by atoms with van der Waals surface area (Å²) in [5, 5.41) is 8.95. The number of carbonyl (C=O) groups is 2. The highest BCUT2D eigenvalue weighted by molar-refractivity contribution is 8.13. The number of ketones is 1. The molecule has 2 rings (SSSR count). The standard InChI is InChI=1S/C18H25N2O9PS/c1-11(22)12-8-15(20-5-4-14(23)19-17(20)25)29-13(12)9-28-30(26)27-6-7-31-16(24)18(2,3)10-21/h4-5,12-13,15,21H,6-10H2,1-3H3/p+1. The number of hydrogen-bond donors (Lipinski definition) is 2. The third-order valence-electron chi connectivity index (χ3n) is 4.73. The topological polar surface area (TPSA) is 154 Å². The van der Waals surface area contributed by atoms with E-state index in [9.17, 15) is 23.7 Å². The molecule has 2 heterocycles. The highest BCUT2D eigenvalue weighted by Crippen LogP contribution is 2.35. The highest BCUT2D eigenvalue weighted by Gasteiger charge is 2.41. The average Bonchev–Trinajstić information content (AvgIpc) is 3.13. The van der Waals surface area contributed by atoms with E-state index >= 15 is 0 Å². The van der Waals surface area contributed by atoms with Crippen molar-refractivity contribution in [3.05, 3.63) is 33.1 Å². The van der Waals surface area contributed by atoms with Gasteiger partial charge in [-0.1, -0.05) is 11.8 Å². The van der Waals surface area contributed by atoms with E-state index in [1.54, 1.807) is 13.8 Å². The lowest BCUT2D eigenvalue weighted by molar-refractivity contribution is -0.123. The van der Waals surface area contributed by atoms with Gasteiger partial charge in [0.15, 0.2) is 5.12 Å². The SMILES string of the molecule is CC(=O)C1CC(n2ccc(=O)[nH]c2=O)OC1CO[P+](=O)OCCSC(=O)C(C)(C)CO. The van der Waals surface area contributed by atoms with Gasteiger partial charge < -0.3 is 9.84 Å². The van der Waals surface area contributed by atoms with Gasteiger partial charge in [0.2, 0.25) is 0 Å². The lowest BCUT2D eigenvalue weighted by atomic mass is 9.97. The number of nitrogens with zero attached hydrogens (tertiary/aromatic N) is 1. The van der Waals surface area contributed by atoms with Gasteiger partial charge in [-0.2, -0.15) is 0 Å². The molecule has 1 aliphatic heterocycles. The van der Waals surface area contributed by atoms with Gasteiger partial charge in [-0.05, 0) is 20.8 Å². The molecule has 0 amide bonds. The van der Waals surface area contributed by atoms with E-state index < -0.39 is 43.2 Å². The Kier molecular flexibility index (Phi) is 9.28. The number of thioether (sulfide) groups is 1. The molecular formula is C18H26N2O9PS+. The van der Waals surface area contributed by atoms with Crippen LogP contribution in [0.2, 0.25) is 0 Å². The number of ether oxygens (including phenoxy) is 1. The van der Waals surface area contributed by atoms with Crippen LogP contribution < -0.4 is 11.2 Å². The number of hydrogen-bond acceptors (Lipinski definition) is 10. The Balaban J connectivity index is 1.83. The number of aliphatic hydroxyl groups excluding tert-OH is 1. The van der Waals surface area contributed by atoms with E-state index in [0.717, 1.165) is 11.8 Å². The summed E-state index contributed by atoms with van der Waals surface area (Å²) < 4.78 is 29.1. The van der Waals surface area contributed by atoms with Gasteiger partial charge >= 0.3 is 13.9 Å².